The summed E-state index contributed by atoms with van der Waals surface area (Å²) in [6.07, 6.45) is 2.84. The Balaban J connectivity index is 1.45. The molecule has 8 heteroatoms. The molecule has 0 bridgehead atoms. The van der Waals surface area contributed by atoms with E-state index in [1.54, 1.807) is 11.3 Å². The van der Waals surface area contributed by atoms with Crippen LogP contribution in [0.2, 0.25) is 0 Å². The molecule has 0 aliphatic heterocycles. The molecule has 0 spiro atoms. The number of primary amides is 1. The number of rotatable bonds is 6. The number of hydrogen-bond acceptors (Lipinski definition) is 6. The standard InChI is InChI=1S/C20H22N4O2S2/c1-11(19-22-13-7-3-4-8-15(13)28-19)24(2)10-16(25)23-20-17(18(21)26)12-6-5-9-14(12)27-20/h3-4,7-8,11H,5-6,9-10H2,1-2H3,(H2,21,26)(H,23,25)/t11-/m1/s1. The number of nitrogens with zero attached hydrogens (tertiary/aromatic N) is 2. The molecule has 2 amide bonds. The molecule has 6 nitrogen and oxygen atoms in total. The summed E-state index contributed by atoms with van der Waals surface area (Å²) < 4.78 is 1.14. The van der Waals surface area contributed by atoms with Crippen LogP contribution in [0.5, 0.6) is 0 Å². The van der Waals surface area contributed by atoms with E-state index < -0.39 is 5.91 Å². The van der Waals surface area contributed by atoms with Crippen LogP contribution in [0, 0.1) is 0 Å². The summed E-state index contributed by atoms with van der Waals surface area (Å²) in [7, 11) is 1.90. The number of thiazole rings is 1. The van der Waals surface area contributed by atoms with Gasteiger partial charge in [-0.05, 0) is 50.9 Å². The summed E-state index contributed by atoms with van der Waals surface area (Å²) in [4.78, 5) is 32.3. The van der Waals surface area contributed by atoms with Gasteiger partial charge in [0.1, 0.15) is 10.0 Å². The lowest BCUT2D eigenvalue weighted by Crippen LogP contribution is -2.32. The topological polar surface area (TPSA) is 88.3 Å². The minimum absolute atomic E-state index is 0.00658. The molecule has 3 N–H and O–H groups in total. The third-order valence-corrected chi connectivity index (χ3v) is 7.56. The van der Waals surface area contributed by atoms with Crippen LogP contribution in [-0.2, 0) is 17.6 Å². The molecule has 0 radical (unpaired) electrons. The van der Waals surface area contributed by atoms with E-state index in [-0.39, 0.29) is 18.5 Å². The number of thiophene rings is 1. The van der Waals surface area contributed by atoms with E-state index >= 15 is 0 Å². The highest BCUT2D eigenvalue weighted by Gasteiger charge is 2.26. The second kappa shape index (κ2) is 7.62. The van der Waals surface area contributed by atoms with E-state index in [1.165, 1.54) is 16.2 Å². The van der Waals surface area contributed by atoms with Crippen LogP contribution < -0.4 is 11.1 Å². The number of aromatic nitrogens is 1. The number of nitrogens with one attached hydrogen (secondary N) is 1. The maximum atomic E-state index is 12.6. The highest BCUT2D eigenvalue weighted by atomic mass is 32.1. The van der Waals surface area contributed by atoms with Gasteiger partial charge in [0.25, 0.3) is 5.91 Å². The number of benzene rings is 1. The van der Waals surface area contributed by atoms with Crippen molar-refractivity contribution in [3.63, 3.8) is 0 Å². The minimum Gasteiger partial charge on any atom is -0.365 e. The van der Waals surface area contributed by atoms with Crippen LogP contribution in [0.4, 0.5) is 5.00 Å². The van der Waals surface area contributed by atoms with Gasteiger partial charge >= 0.3 is 0 Å². The molecule has 1 aliphatic carbocycles. The Morgan fingerprint density at radius 1 is 1.29 bits per heavy atom. The Morgan fingerprint density at radius 3 is 2.82 bits per heavy atom. The molecular weight excluding hydrogens is 392 g/mol. The molecule has 1 atom stereocenters. The first-order valence-electron chi connectivity index (χ1n) is 9.24. The Hall–Kier alpha value is -2.29. The highest BCUT2D eigenvalue weighted by molar-refractivity contribution is 7.18. The van der Waals surface area contributed by atoms with Gasteiger partial charge in [-0.15, -0.1) is 22.7 Å². The molecule has 0 fully saturated rings. The van der Waals surface area contributed by atoms with Gasteiger partial charge in [-0.1, -0.05) is 12.1 Å². The fourth-order valence-corrected chi connectivity index (χ4v) is 5.94. The lowest BCUT2D eigenvalue weighted by molar-refractivity contribution is -0.117. The Kier molecular flexibility index (Phi) is 5.18. The van der Waals surface area contributed by atoms with E-state index in [0.29, 0.717) is 10.6 Å². The average molecular weight is 415 g/mol. The van der Waals surface area contributed by atoms with Crippen LogP contribution in [0.1, 0.15) is 45.2 Å². The summed E-state index contributed by atoms with van der Waals surface area (Å²) >= 11 is 3.12. The summed E-state index contributed by atoms with van der Waals surface area (Å²) in [5.41, 5.74) is 8.06. The first-order valence-corrected chi connectivity index (χ1v) is 10.9. The fraction of sp³-hybridized carbons (Fsp3) is 0.350. The van der Waals surface area contributed by atoms with E-state index in [2.05, 4.69) is 16.4 Å². The predicted molar refractivity (Wildman–Crippen MR) is 114 cm³/mol. The van der Waals surface area contributed by atoms with Crippen molar-refractivity contribution in [3.05, 3.63) is 45.3 Å². The van der Waals surface area contributed by atoms with Gasteiger partial charge in [0.15, 0.2) is 0 Å². The van der Waals surface area contributed by atoms with Crippen molar-refractivity contribution in [3.8, 4) is 0 Å². The van der Waals surface area contributed by atoms with Gasteiger partial charge in [-0.25, -0.2) is 4.98 Å². The van der Waals surface area contributed by atoms with Crippen molar-refractivity contribution in [2.45, 2.75) is 32.2 Å². The van der Waals surface area contributed by atoms with Gasteiger partial charge < -0.3 is 11.1 Å². The summed E-state index contributed by atoms with van der Waals surface area (Å²) in [5.74, 6) is -0.621. The number of likely N-dealkylation sites (N-methyl/N-ethyl adjacent to an activating group) is 1. The number of anilines is 1. The second-order valence-electron chi connectivity index (χ2n) is 7.08. The van der Waals surface area contributed by atoms with Crippen molar-refractivity contribution in [2.75, 3.05) is 18.9 Å². The maximum Gasteiger partial charge on any atom is 0.251 e. The molecule has 2 heterocycles. The maximum absolute atomic E-state index is 12.6. The van der Waals surface area contributed by atoms with Gasteiger partial charge in [0.2, 0.25) is 5.91 Å². The van der Waals surface area contributed by atoms with Gasteiger partial charge in [-0.2, -0.15) is 0 Å². The van der Waals surface area contributed by atoms with Crippen molar-refractivity contribution in [1.29, 1.82) is 0 Å². The highest BCUT2D eigenvalue weighted by Crippen LogP contribution is 2.38. The normalized spacial score (nSPS) is 14.4. The number of hydrogen-bond donors (Lipinski definition) is 2. The van der Waals surface area contributed by atoms with E-state index in [4.69, 9.17) is 5.73 Å². The van der Waals surface area contributed by atoms with E-state index in [1.807, 2.05) is 37.1 Å². The first-order chi connectivity index (χ1) is 13.4. The summed E-state index contributed by atoms with van der Waals surface area (Å²) in [6, 6.07) is 8.03. The van der Waals surface area contributed by atoms with Gasteiger partial charge in [-0.3, -0.25) is 14.5 Å². The summed E-state index contributed by atoms with van der Waals surface area (Å²) in [6.45, 7) is 2.25. The van der Waals surface area contributed by atoms with Crippen molar-refractivity contribution < 1.29 is 9.59 Å². The Labute approximate surface area is 171 Å². The van der Waals surface area contributed by atoms with Crippen LogP contribution in [0.15, 0.2) is 24.3 Å². The molecule has 0 saturated carbocycles. The molecule has 2 aromatic heterocycles. The molecule has 146 valence electrons. The zero-order chi connectivity index (χ0) is 19.8. The molecule has 1 aromatic carbocycles. The molecule has 0 unspecified atom stereocenters. The van der Waals surface area contributed by atoms with Crippen LogP contribution in [0.3, 0.4) is 0 Å². The third-order valence-electron chi connectivity index (χ3n) is 5.14. The number of amides is 2. The number of nitrogens with two attached hydrogens (primary N) is 1. The van der Waals surface area contributed by atoms with E-state index in [9.17, 15) is 9.59 Å². The lowest BCUT2D eigenvalue weighted by Gasteiger charge is -2.22. The number of para-hydroxylation sites is 1. The molecule has 1 aliphatic rings. The van der Waals surface area contributed by atoms with Crippen LogP contribution >= 0.6 is 22.7 Å². The van der Waals surface area contributed by atoms with Crippen LogP contribution in [0.25, 0.3) is 10.2 Å². The summed E-state index contributed by atoms with van der Waals surface area (Å²) in [5, 5.41) is 4.47. The Bertz CT molecular complexity index is 1020. The van der Waals surface area contributed by atoms with Crippen molar-refractivity contribution in [2.24, 2.45) is 5.73 Å². The minimum atomic E-state index is -0.467. The molecule has 28 heavy (non-hydrogen) atoms. The van der Waals surface area contributed by atoms with Gasteiger partial charge in [0.05, 0.1) is 28.4 Å². The molecule has 4 rings (SSSR count). The SMILES string of the molecule is C[C@H](c1nc2ccccc2s1)N(C)CC(=O)Nc1sc2c(c1C(N)=O)CCC2. The van der Waals surface area contributed by atoms with Crippen LogP contribution in [-0.4, -0.2) is 35.3 Å². The smallest absolute Gasteiger partial charge is 0.251 e. The average Bonchev–Trinajstić information content (AvgIpc) is 3.33. The Morgan fingerprint density at radius 2 is 2.07 bits per heavy atom. The number of carbonyl (C=O) groups excluding carboxylic acids is 2. The fourth-order valence-electron chi connectivity index (χ4n) is 3.54. The number of carbonyl (C=O) groups is 2. The monoisotopic (exact) mass is 414 g/mol. The van der Waals surface area contributed by atoms with Crippen molar-refractivity contribution in [1.82, 2.24) is 9.88 Å². The third kappa shape index (κ3) is 3.55. The predicted octanol–water partition coefficient (Wildman–Crippen LogP) is 3.58. The second-order valence-corrected chi connectivity index (χ2v) is 9.25. The first kappa shape index (κ1) is 19.0. The lowest BCUT2D eigenvalue weighted by atomic mass is 10.1. The molecule has 0 saturated heterocycles. The number of aryl methyl sites for hydroxylation is 1. The van der Waals surface area contributed by atoms with Gasteiger partial charge in [0, 0.05) is 4.88 Å². The molecular formula is C20H22N4O2S2. The number of fused-ring (bicyclic) bond motifs is 2. The largest absolute Gasteiger partial charge is 0.365 e. The molecule has 3 aromatic rings. The quantitative estimate of drug-likeness (QED) is 0.645. The van der Waals surface area contributed by atoms with Crippen molar-refractivity contribution >= 4 is 49.7 Å². The van der Waals surface area contributed by atoms with E-state index in [0.717, 1.165) is 40.1 Å². The zero-order valence-corrected chi connectivity index (χ0v) is 17.5. The zero-order valence-electron chi connectivity index (χ0n) is 15.8.